The van der Waals surface area contributed by atoms with Crippen molar-refractivity contribution in [1.82, 2.24) is 4.98 Å². The Morgan fingerprint density at radius 2 is 1.82 bits per heavy atom. The fourth-order valence-corrected chi connectivity index (χ4v) is 1.78. The molecule has 17 heavy (non-hydrogen) atoms. The largest absolute Gasteiger partial charge is 0.394 e. The van der Waals surface area contributed by atoms with Crippen molar-refractivity contribution in [3.05, 3.63) is 36.0 Å². The highest BCUT2D eigenvalue weighted by Gasteiger charge is 2.20. The Kier molecular flexibility index (Phi) is 3.23. The highest BCUT2D eigenvalue weighted by Crippen LogP contribution is 2.28. The highest BCUT2D eigenvalue weighted by molar-refractivity contribution is 5.93. The lowest BCUT2D eigenvalue weighted by Gasteiger charge is -2.17. The second-order valence-corrected chi connectivity index (χ2v) is 3.84. The lowest BCUT2D eigenvalue weighted by atomic mass is 10.00. The van der Waals surface area contributed by atoms with Gasteiger partial charge in [0.15, 0.2) is 0 Å². The molecular weight excluding hydrogens is 220 g/mol. The van der Waals surface area contributed by atoms with E-state index in [-0.39, 0.29) is 0 Å². The average Bonchev–Trinajstić information content (AvgIpc) is 2.38. The first-order valence-corrected chi connectivity index (χ1v) is 5.25. The first kappa shape index (κ1) is 11.8. The van der Waals surface area contributed by atoms with Crippen molar-refractivity contribution in [2.75, 3.05) is 12.3 Å². The van der Waals surface area contributed by atoms with E-state index in [1.54, 1.807) is 12.1 Å². The summed E-state index contributed by atoms with van der Waals surface area (Å²) in [6.07, 6.45) is -0.997. The van der Waals surface area contributed by atoms with Crippen LogP contribution in [-0.4, -0.2) is 33.0 Å². The molecule has 0 bridgehead atoms. The molecule has 0 aliphatic carbocycles. The minimum absolute atomic E-state index is 0.370. The number of nitrogens with two attached hydrogens (primary N) is 1. The van der Waals surface area contributed by atoms with Crippen molar-refractivity contribution in [1.29, 1.82) is 0 Å². The second kappa shape index (κ2) is 4.67. The van der Waals surface area contributed by atoms with E-state index in [0.29, 0.717) is 16.8 Å². The van der Waals surface area contributed by atoms with Gasteiger partial charge in [-0.05, 0) is 5.39 Å². The topological polar surface area (TPSA) is 99.6 Å². The summed E-state index contributed by atoms with van der Waals surface area (Å²) >= 11 is 0. The summed E-state index contributed by atoms with van der Waals surface area (Å²) in [6.45, 7) is -0.514. The first-order valence-electron chi connectivity index (χ1n) is 5.25. The van der Waals surface area contributed by atoms with Crippen molar-refractivity contribution in [2.45, 2.75) is 12.2 Å². The molecule has 2 unspecified atom stereocenters. The molecule has 2 rings (SSSR count). The molecule has 0 spiro atoms. The molecule has 0 fully saturated rings. The van der Waals surface area contributed by atoms with Crippen LogP contribution in [0.5, 0.6) is 0 Å². The Bertz CT molecular complexity index is 530. The zero-order valence-corrected chi connectivity index (χ0v) is 9.11. The monoisotopic (exact) mass is 234 g/mol. The number of nitrogens with zero attached hydrogens (tertiary/aromatic N) is 1. The Hall–Kier alpha value is -1.69. The molecule has 0 radical (unpaired) electrons. The van der Waals surface area contributed by atoms with Gasteiger partial charge in [0.25, 0.3) is 0 Å². The van der Waals surface area contributed by atoms with E-state index in [9.17, 15) is 10.2 Å². The Labute approximate surface area is 98.2 Å². The maximum atomic E-state index is 9.89. The smallest absolute Gasteiger partial charge is 0.131 e. The van der Waals surface area contributed by atoms with Gasteiger partial charge in [-0.1, -0.05) is 24.3 Å². The predicted octanol–water partition coefficient (Wildman–Crippen LogP) is 0.204. The van der Waals surface area contributed by atoms with Crippen molar-refractivity contribution >= 4 is 16.6 Å². The third-order valence-corrected chi connectivity index (χ3v) is 2.73. The van der Waals surface area contributed by atoms with Gasteiger partial charge in [0, 0.05) is 17.1 Å². The number of benzene rings is 1. The molecule has 5 heteroatoms. The van der Waals surface area contributed by atoms with Gasteiger partial charge in [0.05, 0.1) is 6.61 Å². The fraction of sp³-hybridized carbons (Fsp3) is 0.250. The van der Waals surface area contributed by atoms with Crippen LogP contribution < -0.4 is 5.73 Å². The third-order valence-electron chi connectivity index (χ3n) is 2.73. The molecule has 2 aromatic rings. The summed E-state index contributed by atoms with van der Waals surface area (Å²) < 4.78 is 0. The number of pyridine rings is 1. The zero-order valence-electron chi connectivity index (χ0n) is 9.11. The van der Waals surface area contributed by atoms with Gasteiger partial charge in [-0.25, -0.2) is 4.98 Å². The van der Waals surface area contributed by atoms with Gasteiger partial charge < -0.3 is 21.1 Å². The van der Waals surface area contributed by atoms with E-state index < -0.39 is 18.8 Å². The van der Waals surface area contributed by atoms with E-state index in [1.165, 1.54) is 6.20 Å². The minimum Gasteiger partial charge on any atom is -0.394 e. The SMILES string of the molecule is Nc1ncc(C(O)C(O)CO)c2ccccc12. The van der Waals surface area contributed by atoms with Crippen LogP contribution >= 0.6 is 0 Å². The normalized spacial score (nSPS) is 14.8. The number of fused-ring (bicyclic) bond motifs is 1. The van der Waals surface area contributed by atoms with Crippen LogP contribution in [0.2, 0.25) is 0 Å². The fourth-order valence-electron chi connectivity index (χ4n) is 1.78. The molecule has 90 valence electrons. The Morgan fingerprint density at radius 1 is 1.18 bits per heavy atom. The standard InChI is InChI=1S/C12H14N2O3/c13-12-8-4-2-1-3-7(8)9(5-14-12)11(17)10(16)6-15/h1-5,10-11,15-17H,6H2,(H2,13,14). The molecular formula is C12H14N2O3. The van der Waals surface area contributed by atoms with Crippen molar-refractivity contribution < 1.29 is 15.3 Å². The molecule has 1 aromatic carbocycles. The van der Waals surface area contributed by atoms with Crippen LogP contribution in [0, 0.1) is 0 Å². The molecule has 0 amide bonds. The summed E-state index contributed by atoms with van der Waals surface area (Å²) in [5.74, 6) is 0.370. The van der Waals surface area contributed by atoms with Crippen molar-refractivity contribution in [3.63, 3.8) is 0 Å². The number of aromatic nitrogens is 1. The van der Waals surface area contributed by atoms with Crippen LogP contribution in [0.1, 0.15) is 11.7 Å². The van der Waals surface area contributed by atoms with E-state index in [2.05, 4.69) is 4.98 Å². The summed E-state index contributed by atoms with van der Waals surface area (Å²) in [7, 11) is 0. The van der Waals surface area contributed by atoms with Crippen LogP contribution in [0.3, 0.4) is 0 Å². The second-order valence-electron chi connectivity index (χ2n) is 3.84. The third kappa shape index (κ3) is 2.08. The Morgan fingerprint density at radius 3 is 2.47 bits per heavy atom. The van der Waals surface area contributed by atoms with Crippen LogP contribution in [0.15, 0.2) is 30.5 Å². The molecule has 0 saturated carbocycles. The lowest BCUT2D eigenvalue weighted by Crippen LogP contribution is -2.22. The van der Waals surface area contributed by atoms with Crippen LogP contribution in [-0.2, 0) is 0 Å². The van der Waals surface area contributed by atoms with E-state index in [1.807, 2.05) is 12.1 Å². The minimum atomic E-state index is -1.23. The number of hydrogen-bond acceptors (Lipinski definition) is 5. The molecule has 5 N–H and O–H groups in total. The van der Waals surface area contributed by atoms with Gasteiger partial charge in [-0.2, -0.15) is 0 Å². The van der Waals surface area contributed by atoms with E-state index >= 15 is 0 Å². The van der Waals surface area contributed by atoms with Gasteiger partial charge in [0.2, 0.25) is 0 Å². The molecule has 2 atom stereocenters. The molecule has 0 saturated heterocycles. The summed E-state index contributed by atoms with van der Waals surface area (Å²) in [4.78, 5) is 3.97. The number of hydrogen-bond donors (Lipinski definition) is 4. The number of aliphatic hydroxyl groups excluding tert-OH is 3. The number of aliphatic hydroxyl groups is 3. The van der Waals surface area contributed by atoms with Crippen LogP contribution in [0.25, 0.3) is 10.8 Å². The predicted molar refractivity (Wildman–Crippen MR) is 64.2 cm³/mol. The van der Waals surface area contributed by atoms with Crippen molar-refractivity contribution in [3.8, 4) is 0 Å². The molecule has 5 nitrogen and oxygen atoms in total. The molecule has 0 aliphatic rings. The summed E-state index contributed by atoms with van der Waals surface area (Å²) in [5, 5.41) is 29.6. The Balaban J connectivity index is 2.59. The molecule has 0 aliphatic heterocycles. The van der Waals surface area contributed by atoms with Gasteiger partial charge >= 0.3 is 0 Å². The number of nitrogen functional groups attached to an aromatic ring is 1. The lowest BCUT2D eigenvalue weighted by molar-refractivity contribution is -0.0146. The van der Waals surface area contributed by atoms with E-state index in [0.717, 1.165) is 5.39 Å². The molecule has 1 aromatic heterocycles. The summed E-state index contributed by atoms with van der Waals surface area (Å²) in [6, 6.07) is 7.21. The van der Waals surface area contributed by atoms with Crippen LogP contribution in [0.4, 0.5) is 5.82 Å². The van der Waals surface area contributed by atoms with E-state index in [4.69, 9.17) is 10.8 Å². The summed E-state index contributed by atoms with van der Waals surface area (Å²) in [5.41, 5.74) is 6.18. The number of anilines is 1. The van der Waals surface area contributed by atoms with Gasteiger partial charge in [0.1, 0.15) is 18.0 Å². The quantitative estimate of drug-likeness (QED) is 0.608. The number of rotatable bonds is 3. The maximum Gasteiger partial charge on any atom is 0.131 e. The highest BCUT2D eigenvalue weighted by atomic mass is 16.4. The van der Waals surface area contributed by atoms with Gasteiger partial charge in [-0.3, -0.25) is 0 Å². The maximum absolute atomic E-state index is 9.89. The van der Waals surface area contributed by atoms with Crippen molar-refractivity contribution in [2.24, 2.45) is 0 Å². The van der Waals surface area contributed by atoms with Gasteiger partial charge in [-0.15, -0.1) is 0 Å². The zero-order chi connectivity index (χ0) is 12.4. The first-order chi connectivity index (χ1) is 8.15. The molecule has 1 heterocycles. The average molecular weight is 234 g/mol.